The standard InChI is InChI=1S/C20H38OSi/c1-8-9-10-11-12-13-16-19(2)17-14-15-18-21-22(6,7)20(3,4)5/h13-14,16H,8-12,15,18H2,1-7H3/b16-13+. The zero-order chi connectivity index (χ0) is 17.1. The molecule has 128 valence electrons. The van der Waals surface area contributed by atoms with Crippen molar-refractivity contribution < 1.29 is 4.43 Å². The van der Waals surface area contributed by atoms with Crippen LogP contribution in [0.25, 0.3) is 0 Å². The van der Waals surface area contributed by atoms with Gasteiger partial charge in [0, 0.05) is 6.61 Å². The van der Waals surface area contributed by atoms with Crippen molar-refractivity contribution in [1.29, 1.82) is 0 Å². The van der Waals surface area contributed by atoms with Gasteiger partial charge >= 0.3 is 0 Å². The fourth-order valence-corrected chi connectivity index (χ4v) is 2.88. The zero-order valence-corrected chi connectivity index (χ0v) is 17.1. The lowest BCUT2D eigenvalue weighted by atomic mass is 10.1. The molecule has 0 aliphatic carbocycles. The van der Waals surface area contributed by atoms with Gasteiger partial charge in [-0.1, -0.05) is 59.1 Å². The highest BCUT2D eigenvalue weighted by Crippen LogP contribution is 2.36. The lowest BCUT2D eigenvalue weighted by Gasteiger charge is -2.36. The van der Waals surface area contributed by atoms with Gasteiger partial charge in [-0.2, -0.15) is 0 Å². The van der Waals surface area contributed by atoms with Gasteiger partial charge in [0.15, 0.2) is 8.32 Å². The summed E-state index contributed by atoms with van der Waals surface area (Å²) in [6, 6.07) is 0. The fourth-order valence-electron chi connectivity index (χ4n) is 1.82. The summed E-state index contributed by atoms with van der Waals surface area (Å²) < 4.78 is 6.15. The predicted octanol–water partition coefficient (Wildman–Crippen LogP) is 7.03. The molecule has 0 spiro atoms. The van der Waals surface area contributed by atoms with Crippen LogP contribution < -0.4 is 0 Å². The molecule has 0 N–H and O–H groups in total. The molecule has 0 fully saturated rings. The van der Waals surface area contributed by atoms with Gasteiger partial charge in [-0.15, -0.1) is 5.73 Å². The van der Waals surface area contributed by atoms with Crippen molar-refractivity contribution in [3.05, 3.63) is 29.5 Å². The summed E-state index contributed by atoms with van der Waals surface area (Å²) >= 11 is 0. The Morgan fingerprint density at radius 2 is 1.77 bits per heavy atom. The van der Waals surface area contributed by atoms with Crippen molar-refractivity contribution in [2.24, 2.45) is 0 Å². The van der Waals surface area contributed by atoms with Crippen molar-refractivity contribution in [2.45, 2.75) is 91.3 Å². The summed E-state index contributed by atoms with van der Waals surface area (Å²) in [7, 11) is -1.59. The second-order valence-corrected chi connectivity index (χ2v) is 12.5. The SMILES string of the molecule is CCCCCC/C=C/C(C)=C=CCCO[Si](C)(C)C(C)(C)C. The zero-order valence-electron chi connectivity index (χ0n) is 16.1. The van der Waals surface area contributed by atoms with E-state index in [1.54, 1.807) is 0 Å². The topological polar surface area (TPSA) is 9.23 Å². The normalized spacial score (nSPS) is 12.5. The minimum atomic E-state index is -1.59. The van der Waals surface area contributed by atoms with Gasteiger partial charge in [0.2, 0.25) is 0 Å². The average Bonchev–Trinajstić information content (AvgIpc) is 2.41. The molecule has 2 heteroatoms. The summed E-state index contributed by atoms with van der Waals surface area (Å²) in [5.41, 5.74) is 4.56. The summed E-state index contributed by atoms with van der Waals surface area (Å²) in [6.07, 6.45) is 14.0. The quantitative estimate of drug-likeness (QED) is 0.182. The number of allylic oxidation sites excluding steroid dienone is 2. The van der Waals surface area contributed by atoms with E-state index in [2.05, 4.69) is 71.7 Å². The van der Waals surface area contributed by atoms with Gasteiger partial charge in [0.1, 0.15) is 0 Å². The van der Waals surface area contributed by atoms with E-state index in [1.807, 2.05) is 0 Å². The Labute approximate surface area is 140 Å². The third kappa shape index (κ3) is 10.2. The van der Waals surface area contributed by atoms with Crippen LogP contribution >= 0.6 is 0 Å². The first-order valence-corrected chi connectivity index (χ1v) is 11.8. The van der Waals surface area contributed by atoms with Crippen LogP contribution in [0.3, 0.4) is 0 Å². The molecule has 0 aromatic rings. The first-order valence-electron chi connectivity index (χ1n) is 8.93. The third-order valence-corrected chi connectivity index (χ3v) is 8.99. The van der Waals surface area contributed by atoms with E-state index in [0.29, 0.717) is 5.04 Å². The highest BCUT2D eigenvalue weighted by molar-refractivity contribution is 6.74. The number of hydrogen-bond donors (Lipinski definition) is 0. The molecule has 0 unspecified atom stereocenters. The molecule has 0 aromatic carbocycles. The monoisotopic (exact) mass is 322 g/mol. The Kier molecular flexibility index (Phi) is 10.8. The molecule has 22 heavy (non-hydrogen) atoms. The fraction of sp³-hybridized carbons (Fsp3) is 0.750. The molecule has 0 saturated heterocycles. The van der Waals surface area contributed by atoms with E-state index in [9.17, 15) is 0 Å². The van der Waals surface area contributed by atoms with Crippen LogP contribution in [-0.4, -0.2) is 14.9 Å². The van der Waals surface area contributed by atoms with E-state index in [4.69, 9.17) is 4.43 Å². The van der Waals surface area contributed by atoms with E-state index >= 15 is 0 Å². The Balaban J connectivity index is 4.02. The second kappa shape index (κ2) is 11.0. The molecule has 0 heterocycles. The number of unbranched alkanes of at least 4 members (excludes halogenated alkanes) is 4. The van der Waals surface area contributed by atoms with E-state index in [1.165, 1.54) is 37.7 Å². The molecule has 0 saturated carbocycles. The van der Waals surface area contributed by atoms with Crippen LogP contribution in [0.1, 0.15) is 73.1 Å². The van der Waals surface area contributed by atoms with Gasteiger partial charge in [0.25, 0.3) is 0 Å². The summed E-state index contributed by atoms with van der Waals surface area (Å²) in [6.45, 7) is 16.6. The largest absolute Gasteiger partial charge is 0.416 e. The molecule has 0 rings (SSSR count). The molecule has 0 aliphatic heterocycles. The van der Waals surface area contributed by atoms with E-state index < -0.39 is 8.32 Å². The lowest BCUT2D eigenvalue weighted by molar-refractivity contribution is 0.294. The smallest absolute Gasteiger partial charge is 0.191 e. The maximum atomic E-state index is 6.15. The first-order chi connectivity index (χ1) is 10.2. The van der Waals surface area contributed by atoms with Crippen LogP contribution in [0.2, 0.25) is 18.1 Å². The molecule has 0 aliphatic rings. The van der Waals surface area contributed by atoms with Crippen molar-refractivity contribution in [1.82, 2.24) is 0 Å². The predicted molar refractivity (Wildman–Crippen MR) is 103 cm³/mol. The second-order valence-electron chi connectivity index (χ2n) is 7.68. The van der Waals surface area contributed by atoms with Crippen molar-refractivity contribution in [2.75, 3.05) is 6.61 Å². The number of hydrogen-bond acceptors (Lipinski definition) is 1. The van der Waals surface area contributed by atoms with Crippen LogP contribution in [0.5, 0.6) is 0 Å². The van der Waals surface area contributed by atoms with E-state index in [0.717, 1.165) is 13.0 Å². The molecule has 0 radical (unpaired) electrons. The van der Waals surface area contributed by atoms with Gasteiger partial charge in [-0.25, -0.2) is 0 Å². The van der Waals surface area contributed by atoms with Crippen molar-refractivity contribution >= 4 is 8.32 Å². The summed E-state index contributed by atoms with van der Waals surface area (Å²) in [5, 5.41) is 0.295. The van der Waals surface area contributed by atoms with Crippen LogP contribution in [-0.2, 0) is 4.43 Å². The molecule has 0 amide bonds. The Morgan fingerprint density at radius 1 is 1.09 bits per heavy atom. The maximum absolute atomic E-state index is 6.15. The lowest BCUT2D eigenvalue weighted by Crippen LogP contribution is -2.40. The minimum absolute atomic E-state index is 0.295. The maximum Gasteiger partial charge on any atom is 0.191 e. The van der Waals surface area contributed by atoms with Gasteiger partial charge in [-0.3, -0.25) is 0 Å². The van der Waals surface area contributed by atoms with Crippen LogP contribution in [0.15, 0.2) is 29.5 Å². The summed E-state index contributed by atoms with van der Waals surface area (Å²) in [5.74, 6) is 0. The molecule has 0 atom stereocenters. The van der Waals surface area contributed by atoms with Crippen LogP contribution in [0.4, 0.5) is 0 Å². The minimum Gasteiger partial charge on any atom is -0.416 e. The van der Waals surface area contributed by atoms with Gasteiger partial charge in [0.05, 0.1) is 0 Å². The molecular formula is C20H38OSi. The third-order valence-electron chi connectivity index (χ3n) is 4.45. The molecule has 0 bridgehead atoms. The Hall–Kier alpha value is -0.563. The Bertz CT molecular complexity index is 379. The highest BCUT2D eigenvalue weighted by atomic mass is 28.4. The van der Waals surface area contributed by atoms with Crippen molar-refractivity contribution in [3.8, 4) is 0 Å². The Morgan fingerprint density at radius 3 is 2.36 bits per heavy atom. The number of rotatable bonds is 10. The van der Waals surface area contributed by atoms with Crippen molar-refractivity contribution in [3.63, 3.8) is 0 Å². The summed E-state index contributed by atoms with van der Waals surface area (Å²) in [4.78, 5) is 0. The molecular weight excluding hydrogens is 284 g/mol. The first kappa shape index (κ1) is 21.4. The molecule has 1 nitrogen and oxygen atoms in total. The van der Waals surface area contributed by atoms with E-state index in [-0.39, 0.29) is 0 Å². The molecule has 0 aromatic heterocycles. The van der Waals surface area contributed by atoms with Gasteiger partial charge < -0.3 is 4.43 Å². The average molecular weight is 323 g/mol. The highest BCUT2D eigenvalue weighted by Gasteiger charge is 2.36. The van der Waals surface area contributed by atoms with Crippen LogP contribution in [0, 0.1) is 0 Å². The van der Waals surface area contributed by atoms with Gasteiger partial charge in [-0.05, 0) is 56.0 Å².